The number of likely N-dealkylation sites (tertiary alicyclic amines) is 1. The minimum absolute atomic E-state index is 0.0140. The van der Waals surface area contributed by atoms with Crippen molar-refractivity contribution in [2.45, 2.75) is 77.4 Å². The van der Waals surface area contributed by atoms with E-state index < -0.39 is 22.8 Å². The summed E-state index contributed by atoms with van der Waals surface area (Å²) in [5, 5.41) is 26.2. The number of nitrogens with zero attached hydrogens (tertiary/aromatic N) is 1. The van der Waals surface area contributed by atoms with Crippen LogP contribution in [0.15, 0.2) is 62.1 Å². The van der Waals surface area contributed by atoms with Crippen LogP contribution in [-0.4, -0.2) is 84.6 Å². The quantitative estimate of drug-likeness (QED) is 0.105. The van der Waals surface area contributed by atoms with E-state index in [0.717, 1.165) is 36.3 Å². The summed E-state index contributed by atoms with van der Waals surface area (Å²) in [7, 11) is 1.91. The van der Waals surface area contributed by atoms with E-state index in [-0.39, 0.29) is 31.5 Å². The number of aliphatic hydroxyl groups is 2. The van der Waals surface area contributed by atoms with Crippen LogP contribution < -0.4 is 26.7 Å². The van der Waals surface area contributed by atoms with Crippen LogP contribution in [-0.2, 0) is 27.2 Å². The maximum Gasteiger partial charge on any atom is 0.339 e. The molecule has 12 nitrogen and oxygen atoms in total. The van der Waals surface area contributed by atoms with Crippen LogP contribution in [0, 0.1) is 11.8 Å². The van der Waals surface area contributed by atoms with Crippen LogP contribution in [0.4, 0.5) is 0 Å². The Kier molecular flexibility index (Phi) is 11.4. The van der Waals surface area contributed by atoms with Gasteiger partial charge in [0, 0.05) is 80.7 Å². The average molecular weight is 693 g/mol. The predicted molar refractivity (Wildman–Crippen MR) is 190 cm³/mol. The van der Waals surface area contributed by atoms with Crippen molar-refractivity contribution in [3.63, 3.8) is 0 Å². The third-order valence-corrected chi connectivity index (χ3v) is 10.4. The molecule has 12 heteroatoms. The third kappa shape index (κ3) is 7.92. The lowest BCUT2D eigenvalue weighted by atomic mass is 9.75. The van der Waals surface area contributed by atoms with Gasteiger partial charge in [-0.1, -0.05) is 6.08 Å². The number of carbonyl (C=O) groups excluding carboxylic acids is 2. The summed E-state index contributed by atoms with van der Waals surface area (Å²) in [6.45, 7) is 9.77. The number of nitrogens with one attached hydrogen (secondary N) is 2. The molecule has 3 aliphatic heterocycles. The van der Waals surface area contributed by atoms with Crippen LogP contribution in [0.5, 0.6) is 5.75 Å². The topological polar surface area (TPSA) is 177 Å². The second kappa shape index (κ2) is 15.4. The van der Waals surface area contributed by atoms with Crippen LogP contribution in [0.25, 0.3) is 11.0 Å². The van der Waals surface area contributed by atoms with Crippen LogP contribution in [0.3, 0.4) is 0 Å². The maximum absolute atomic E-state index is 13.4. The molecule has 4 heterocycles. The van der Waals surface area contributed by atoms with E-state index in [1.54, 1.807) is 32.1 Å². The molecular formula is C38H52N4O8. The minimum Gasteiger partial charge on any atom is -0.482 e. The smallest absolute Gasteiger partial charge is 0.339 e. The first-order valence-corrected chi connectivity index (χ1v) is 17.5. The van der Waals surface area contributed by atoms with E-state index in [4.69, 9.17) is 19.6 Å². The average Bonchev–Trinajstić information content (AvgIpc) is 3.42. The van der Waals surface area contributed by atoms with Crippen molar-refractivity contribution in [2.75, 3.05) is 46.4 Å². The predicted octanol–water partition coefficient (Wildman–Crippen LogP) is 2.84. The molecular weight excluding hydrogens is 640 g/mol. The number of amides is 1. The Morgan fingerprint density at radius 3 is 2.70 bits per heavy atom. The van der Waals surface area contributed by atoms with Crippen LogP contribution in [0.1, 0.15) is 64.5 Å². The summed E-state index contributed by atoms with van der Waals surface area (Å²) in [6, 6.07) is 5.44. The highest BCUT2D eigenvalue weighted by atomic mass is 16.6. The zero-order valence-electron chi connectivity index (χ0n) is 29.9. The molecule has 5 rings (SSSR count). The third-order valence-electron chi connectivity index (χ3n) is 10.4. The summed E-state index contributed by atoms with van der Waals surface area (Å²) in [4.78, 5) is 41.5. The number of aliphatic hydroxyl groups excluding tert-OH is 2. The van der Waals surface area contributed by atoms with E-state index in [1.165, 1.54) is 0 Å². The summed E-state index contributed by atoms with van der Waals surface area (Å²) >= 11 is 0. The van der Waals surface area contributed by atoms with E-state index >= 15 is 0 Å². The molecule has 0 bridgehead atoms. The number of esters is 1. The number of carbonyl (C=O) groups is 2. The van der Waals surface area contributed by atoms with E-state index in [9.17, 15) is 24.6 Å². The Morgan fingerprint density at radius 2 is 2.02 bits per heavy atom. The van der Waals surface area contributed by atoms with Crippen molar-refractivity contribution in [1.82, 2.24) is 15.5 Å². The molecule has 0 aliphatic carbocycles. The Bertz CT molecular complexity index is 1750. The van der Waals surface area contributed by atoms with Gasteiger partial charge in [-0.05, 0) is 94.8 Å². The molecule has 1 aromatic heterocycles. The van der Waals surface area contributed by atoms with Crippen molar-refractivity contribution >= 4 is 22.8 Å². The van der Waals surface area contributed by atoms with Crippen molar-refractivity contribution in [1.29, 1.82) is 0 Å². The van der Waals surface area contributed by atoms with Gasteiger partial charge in [0.25, 0.3) is 0 Å². The van der Waals surface area contributed by atoms with Gasteiger partial charge in [-0.2, -0.15) is 0 Å². The fourth-order valence-corrected chi connectivity index (χ4v) is 7.10. The van der Waals surface area contributed by atoms with Gasteiger partial charge in [-0.25, -0.2) is 9.59 Å². The Hall–Kier alpha value is -4.13. The normalized spacial score (nSPS) is 20.2. The summed E-state index contributed by atoms with van der Waals surface area (Å²) in [5.41, 5.74) is 7.38. The molecule has 272 valence electrons. The van der Waals surface area contributed by atoms with Crippen molar-refractivity contribution in [3.05, 3.63) is 74.4 Å². The summed E-state index contributed by atoms with van der Waals surface area (Å²) < 4.78 is 18.8. The number of dihydropyridines is 1. The van der Waals surface area contributed by atoms with Gasteiger partial charge < -0.3 is 45.4 Å². The summed E-state index contributed by atoms with van der Waals surface area (Å²) in [6.07, 6.45) is 5.86. The van der Waals surface area contributed by atoms with Crippen molar-refractivity contribution in [2.24, 2.45) is 17.6 Å². The number of rotatable bonds is 15. The van der Waals surface area contributed by atoms with Gasteiger partial charge in [0.05, 0.1) is 12.2 Å². The molecule has 1 fully saturated rings. The van der Waals surface area contributed by atoms with Gasteiger partial charge in [0.15, 0.2) is 5.60 Å². The monoisotopic (exact) mass is 692 g/mol. The van der Waals surface area contributed by atoms with Gasteiger partial charge in [-0.3, -0.25) is 4.79 Å². The minimum atomic E-state index is -1.17. The molecule has 2 aromatic rings. The maximum atomic E-state index is 13.4. The molecule has 6 N–H and O–H groups in total. The molecule has 1 saturated heterocycles. The molecule has 0 unspecified atom stereocenters. The lowest BCUT2D eigenvalue weighted by Gasteiger charge is -2.43. The molecule has 50 heavy (non-hydrogen) atoms. The largest absolute Gasteiger partial charge is 0.482 e. The van der Waals surface area contributed by atoms with E-state index in [1.807, 2.05) is 37.9 Å². The second-order valence-corrected chi connectivity index (χ2v) is 14.5. The summed E-state index contributed by atoms with van der Waals surface area (Å²) in [5.74, 6) is 0.837. The number of hydrogen-bond acceptors (Lipinski definition) is 11. The Labute approximate surface area is 293 Å². The number of allylic oxidation sites excluding steroid dienone is 2. The molecule has 0 saturated carbocycles. The molecule has 0 spiro atoms. The SMILES string of the molecule is C/C=C(\C)C(=O)OC(C)(C)[C@]1(CC2=C(CC(=O)N3CC(CNC)C3)CNC(N)=C2)Cc2cc3cc(C[C@H](CO)CCCO)c(=O)oc3cc2O1. The zero-order valence-corrected chi connectivity index (χ0v) is 29.9. The second-order valence-electron chi connectivity index (χ2n) is 14.5. The molecule has 3 aliphatic rings. The number of ether oxygens (including phenoxy) is 2. The van der Waals surface area contributed by atoms with Gasteiger partial charge in [0.2, 0.25) is 5.91 Å². The number of benzene rings is 1. The van der Waals surface area contributed by atoms with E-state index in [2.05, 4.69) is 10.6 Å². The first-order valence-electron chi connectivity index (χ1n) is 17.5. The molecule has 2 atom stereocenters. The molecule has 0 radical (unpaired) electrons. The molecule has 1 aromatic carbocycles. The standard InChI is InChI=1S/C38H52N4O8/c1-6-23(2)35(46)50-37(3,4)38(16-28-13-33(39)41-19-30(28)14-34(45)42-20-25(21-42)18-40-5)17-29-12-26-11-27(10-24(22-44)8-7-9-43)36(47)48-31(26)15-32(29)49-38/h6,11-13,15,24-25,40-41,43-44H,7-10,14,16-22,39H2,1-5H3/b23-6+/t24-,38+/m1/s1. The first kappa shape index (κ1) is 37.1. The lowest BCUT2D eigenvalue weighted by Crippen LogP contribution is -2.57. The molecule has 1 amide bonds. The fraction of sp³-hybridized carbons (Fsp3) is 0.553. The van der Waals surface area contributed by atoms with Gasteiger partial charge >= 0.3 is 11.6 Å². The van der Waals surface area contributed by atoms with Crippen molar-refractivity contribution in [3.8, 4) is 5.75 Å². The highest BCUT2D eigenvalue weighted by Gasteiger charge is 2.55. The lowest BCUT2D eigenvalue weighted by molar-refractivity contribution is -0.174. The van der Waals surface area contributed by atoms with Gasteiger partial charge in [0.1, 0.15) is 16.9 Å². The first-order chi connectivity index (χ1) is 23.8. The van der Waals surface area contributed by atoms with E-state index in [0.29, 0.717) is 78.2 Å². The highest BCUT2D eigenvalue weighted by Crippen LogP contribution is 2.48. The Balaban J connectivity index is 1.51. The number of fused-ring (bicyclic) bond motifs is 2. The van der Waals surface area contributed by atoms with Crippen LogP contribution >= 0.6 is 0 Å². The number of nitrogens with two attached hydrogens (primary N) is 1. The number of hydrogen-bond donors (Lipinski definition) is 5. The highest BCUT2D eigenvalue weighted by molar-refractivity contribution is 5.88. The Morgan fingerprint density at radius 1 is 1.26 bits per heavy atom. The van der Waals surface area contributed by atoms with Crippen LogP contribution in [0.2, 0.25) is 0 Å². The fourth-order valence-electron chi connectivity index (χ4n) is 7.10. The van der Waals surface area contributed by atoms with Crippen molar-refractivity contribution < 1.29 is 33.7 Å². The van der Waals surface area contributed by atoms with Gasteiger partial charge in [-0.15, -0.1) is 0 Å². The zero-order chi connectivity index (χ0) is 36.2.